The number of hydrogen-bond donors (Lipinski definition) is 2. The number of Topliss-reactive ketones (excluding diaryl/α,β-unsaturated/α-hetero) is 1. The van der Waals surface area contributed by atoms with Crippen LogP contribution in [0.3, 0.4) is 0 Å². The number of nitrogens with zero attached hydrogens (tertiary/aromatic N) is 4. The fraction of sp³-hybridized carbons (Fsp3) is 0.500. The molecule has 1 aliphatic heterocycles. The monoisotopic (exact) mass is 426 g/mol. The molecule has 2 N–H and O–H groups in total. The number of aryl methyl sites for hydroxylation is 2. The van der Waals surface area contributed by atoms with E-state index in [0.29, 0.717) is 46.9 Å². The minimum atomic E-state index is -0.335. The zero-order valence-corrected chi connectivity index (χ0v) is 18.6. The second kappa shape index (κ2) is 10.3. The number of ketones is 1. The minimum Gasteiger partial charge on any atom is -0.477 e. The minimum absolute atomic E-state index is 0.122. The van der Waals surface area contributed by atoms with Crippen LogP contribution in [-0.4, -0.2) is 50.2 Å². The molecule has 3 aromatic rings. The van der Waals surface area contributed by atoms with E-state index >= 15 is 0 Å². The average molecular weight is 427 g/mol. The van der Waals surface area contributed by atoms with E-state index in [-0.39, 0.29) is 11.3 Å². The van der Waals surface area contributed by atoms with Gasteiger partial charge in [-0.1, -0.05) is 20.3 Å². The molecule has 31 heavy (non-hydrogen) atoms. The van der Waals surface area contributed by atoms with Crippen LogP contribution >= 0.6 is 0 Å². The molecule has 1 aliphatic rings. The molecule has 9 nitrogen and oxygen atoms in total. The first-order chi connectivity index (χ1) is 15.0. The number of ether oxygens (including phenoxy) is 1. The summed E-state index contributed by atoms with van der Waals surface area (Å²) in [5, 5.41) is 7.37. The largest absolute Gasteiger partial charge is 0.477 e. The van der Waals surface area contributed by atoms with E-state index in [0.717, 1.165) is 18.5 Å². The molecule has 0 amide bonds. The van der Waals surface area contributed by atoms with E-state index in [1.807, 2.05) is 6.92 Å². The third-order valence-electron chi connectivity index (χ3n) is 5.10. The number of pyridine rings is 1. The van der Waals surface area contributed by atoms with Crippen molar-refractivity contribution in [3.63, 3.8) is 0 Å². The normalized spacial score (nSPS) is 12.8. The van der Waals surface area contributed by atoms with Crippen LogP contribution in [-0.2, 0) is 13.5 Å². The van der Waals surface area contributed by atoms with Crippen LogP contribution < -0.4 is 15.6 Å². The van der Waals surface area contributed by atoms with Gasteiger partial charge in [-0.3, -0.25) is 14.3 Å². The molecular formula is C22H30N6O3. The second-order valence-electron chi connectivity index (χ2n) is 7.47. The van der Waals surface area contributed by atoms with Gasteiger partial charge in [-0.15, -0.1) is 0 Å². The standard InChI is InChI=1S/C19H23N5O3.C3H7N/c1-5-7-8-27-19-13(9-12(10-20-19)11(3)25)17-21-15-14(6-2)24(4)23-16(15)18(26)22-17;1-2-4-3-1/h9-10H,5-8H2,1-4H3,(H,21,22,26);4H,1-3H2. The third-order valence-corrected chi connectivity index (χ3v) is 5.10. The quantitative estimate of drug-likeness (QED) is 0.441. The smallest absolute Gasteiger partial charge is 0.279 e. The van der Waals surface area contributed by atoms with E-state index in [1.165, 1.54) is 32.6 Å². The molecule has 0 unspecified atom stereocenters. The van der Waals surface area contributed by atoms with Gasteiger partial charge in [-0.05, 0) is 45.3 Å². The molecule has 0 radical (unpaired) electrons. The lowest BCUT2D eigenvalue weighted by Crippen LogP contribution is -2.29. The number of fused-ring (bicyclic) bond motifs is 1. The summed E-state index contributed by atoms with van der Waals surface area (Å²) in [5.41, 5.74) is 2.29. The molecule has 166 valence electrons. The molecule has 1 saturated heterocycles. The number of unbranched alkanes of at least 4 members (excludes halogenated alkanes) is 1. The van der Waals surface area contributed by atoms with Crippen LogP contribution in [0.4, 0.5) is 0 Å². The van der Waals surface area contributed by atoms with Crippen molar-refractivity contribution in [2.75, 3.05) is 19.7 Å². The zero-order chi connectivity index (χ0) is 22.4. The summed E-state index contributed by atoms with van der Waals surface area (Å²) in [6, 6.07) is 1.66. The number of aromatic nitrogens is 5. The Hall–Kier alpha value is -3.07. The molecule has 0 bridgehead atoms. The number of nitrogens with one attached hydrogen (secondary N) is 2. The summed E-state index contributed by atoms with van der Waals surface area (Å²) in [5.74, 6) is 0.540. The van der Waals surface area contributed by atoms with Crippen LogP contribution in [0.1, 0.15) is 56.1 Å². The number of rotatable bonds is 7. The Morgan fingerprint density at radius 3 is 2.55 bits per heavy atom. The lowest BCUT2D eigenvalue weighted by atomic mass is 10.1. The second-order valence-corrected chi connectivity index (χ2v) is 7.47. The van der Waals surface area contributed by atoms with Gasteiger partial charge in [0.25, 0.3) is 5.56 Å². The van der Waals surface area contributed by atoms with Gasteiger partial charge in [0.05, 0.1) is 17.9 Å². The first-order valence-electron chi connectivity index (χ1n) is 10.8. The molecule has 3 aromatic heterocycles. The number of hydrogen-bond acceptors (Lipinski definition) is 7. The Balaban J connectivity index is 0.000000610. The Morgan fingerprint density at radius 2 is 1.97 bits per heavy atom. The summed E-state index contributed by atoms with van der Waals surface area (Å²) in [7, 11) is 1.79. The van der Waals surface area contributed by atoms with Crippen molar-refractivity contribution in [3.05, 3.63) is 33.9 Å². The molecule has 4 heterocycles. The lowest BCUT2D eigenvalue weighted by Gasteiger charge is -2.11. The first kappa shape index (κ1) is 22.6. The number of carbonyl (C=O) groups excluding carboxylic acids is 1. The highest BCUT2D eigenvalue weighted by molar-refractivity contribution is 5.95. The van der Waals surface area contributed by atoms with Crippen molar-refractivity contribution in [1.29, 1.82) is 0 Å². The molecular weight excluding hydrogens is 396 g/mol. The van der Waals surface area contributed by atoms with Crippen molar-refractivity contribution in [2.45, 2.75) is 46.5 Å². The zero-order valence-electron chi connectivity index (χ0n) is 18.6. The van der Waals surface area contributed by atoms with Gasteiger partial charge in [-0.25, -0.2) is 9.97 Å². The van der Waals surface area contributed by atoms with Crippen molar-refractivity contribution < 1.29 is 9.53 Å². The highest BCUT2D eigenvalue weighted by Crippen LogP contribution is 2.27. The van der Waals surface area contributed by atoms with E-state index in [9.17, 15) is 9.59 Å². The highest BCUT2D eigenvalue weighted by Gasteiger charge is 2.18. The predicted molar refractivity (Wildman–Crippen MR) is 120 cm³/mol. The van der Waals surface area contributed by atoms with Gasteiger partial charge < -0.3 is 15.0 Å². The Bertz CT molecular complexity index is 1110. The van der Waals surface area contributed by atoms with Gasteiger partial charge in [0, 0.05) is 18.8 Å². The topological polar surface area (TPSA) is 115 Å². The third kappa shape index (κ3) is 5.16. The van der Waals surface area contributed by atoms with E-state index in [2.05, 4.69) is 32.3 Å². The Morgan fingerprint density at radius 1 is 1.26 bits per heavy atom. The first-order valence-corrected chi connectivity index (χ1v) is 10.8. The average Bonchev–Trinajstić information content (AvgIpc) is 3.02. The van der Waals surface area contributed by atoms with Crippen molar-refractivity contribution in [2.24, 2.45) is 7.05 Å². The summed E-state index contributed by atoms with van der Waals surface area (Å²) in [6.07, 6.45) is 5.42. The fourth-order valence-corrected chi connectivity index (χ4v) is 3.07. The molecule has 4 rings (SSSR count). The molecule has 9 heteroatoms. The van der Waals surface area contributed by atoms with E-state index in [4.69, 9.17) is 4.74 Å². The Labute approximate surface area is 181 Å². The number of carbonyl (C=O) groups is 1. The molecule has 0 aromatic carbocycles. The molecule has 0 saturated carbocycles. The molecule has 0 aliphatic carbocycles. The van der Waals surface area contributed by atoms with E-state index in [1.54, 1.807) is 17.8 Å². The summed E-state index contributed by atoms with van der Waals surface area (Å²) in [6.45, 7) is 8.51. The summed E-state index contributed by atoms with van der Waals surface area (Å²) in [4.78, 5) is 36.0. The number of H-pyrrole nitrogens is 1. The maximum absolute atomic E-state index is 12.5. The number of aromatic amines is 1. The maximum Gasteiger partial charge on any atom is 0.279 e. The van der Waals surface area contributed by atoms with Gasteiger partial charge in [0.1, 0.15) is 11.3 Å². The molecule has 1 fully saturated rings. The van der Waals surface area contributed by atoms with Crippen LogP contribution in [0, 0.1) is 0 Å². The van der Waals surface area contributed by atoms with Crippen LogP contribution in [0.5, 0.6) is 5.88 Å². The van der Waals surface area contributed by atoms with E-state index < -0.39 is 0 Å². The predicted octanol–water partition coefficient (Wildman–Crippen LogP) is 2.64. The Kier molecular flexibility index (Phi) is 7.51. The maximum atomic E-state index is 12.5. The van der Waals surface area contributed by atoms with Gasteiger partial charge >= 0.3 is 0 Å². The van der Waals surface area contributed by atoms with Crippen molar-refractivity contribution in [3.8, 4) is 17.3 Å². The lowest BCUT2D eigenvalue weighted by molar-refractivity contribution is 0.101. The van der Waals surface area contributed by atoms with Crippen LogP contribution in [0.15, 0.2) is 17.1 Å². The summed E-state index contributed by atoms with van der Waals surface area (Å²) >= 11 is 0. The fourth-order valence-electron chi connectivity index (χ4n) is 3.07. The van der Waals surface area contributed by atoms with Gasteiger partial charge in [0.15, 0.2) is 11.3 Å². The summed E-state index contributed by atoms with van der Waals surface area (Å²) < 4.78 is 7.44. The SMILES string of the molecule is C1CNC1.CCCCOc1ncc(C(C)=O)cc1-c1nc2c(CC)n(C)nc2c(=O)[nH]1. The van der Waals surface area contributed by atoms with Gasteiger partial charge in [0.2, 0.25) is 5.88 Å². The van der Waals surface area contributed by atoms with Gasteiger partial charge in [-0.2, -0.15) is 5.10 Å². The highest BCUT2D eigenvalue weighted by atomic mass is 16.5. The molecule has 0 atom stereocenters. The van der Waals surface area contributed by atoms with Crippen LogP contribution in [0.25, 0.3) is 22.4 Å². The van der Waals surface area contributed by atoms with Crippen LogP contribution in [0.2, 0.25) is 0 Å². The van der Waals surface area contributed by atoms with Crippen molar-refractivity contribution in [1.82, 2.24) is 30.0 Å². The molecule has 0 spiro atoms. The van der Waals surface area contributed by atoms with Crippen molar-refractivity contribution >= 4 is 16.8 Å².